The van der Waals surface area contributed by atoms with E-state index in [4.69, 9.17) is 4.74 Å². The van der Waals surface area contributed by atoms with Crippen LogP contribution in [0.25, 0.3) is 5.69 Å². The van der Waals surface area contributed by atoms with Crippen molar-refractivity contribution in [2.24, 2.45) is 5.10 Å². The molecule has 2 amide bonds. The van der Waals surface area contributed by atoms with Crippen molar-refractivity contribution in [1.82, 2.24) is 15.3 Å². The van der Waals surface area contributed by atoms with Gasteiger partial charge in [0.1, 0.15) is 0 Å². The van der Waals surface area contributed by atoms with E-state index in [1.54, 1.807) is 6.21 Å². The summed E-state index contributed by atoms with van der Waals surface area (Å²) in [5.41, 5.74) is 8.73. The van der Waals surface area contributed by atoms with Gasteiger partial charge in [-0.1, -0.05) is 6.07 Å². The first-order valence-corrected chi connectivity index (χ1v) is 9.85. The SMILES string of the molecule is Cc1cc(C)cc(-n2c(C)cc(/C=N\NC(=O)C(=O)NC[C@H]3CCCO3)c2C)c1. The van der Waals surface area contributed by atoms with Crippen LogP contribution in [0.3, 0.4) is 0 Å². The summed E-state index contributed by atoms with van der Waals surface area (Å²) in [6, 6.07) is 8.40. The maximum atomic E-state index is 11.9. The van der Waals surface area contributed by atoms with Crippen molar-refractivity contribution in [3.8, 4) is 5.69 Å². The maximum Gasteiger partial charge on any atom is 0.329 e. The molecule has 0 saturated carbocycles. The van der Waals surface area contributed by atoms with E-state index in [0.717, 1.165) is 35.5 Å². The first-order valence-electron chi connectivity index (χ1n) is 9.85. The molecule has 0 aliphatic carbocycles. The molecule has 1 fully saturated rings. The second-order valence-corrected chi connectivity index (χ2v) is 7.55. The number of nitrogens with one attached hydrogen (secondary N) is 2. The molecule has 2 N–H and O–H groups in total. The van der Waals surface area contributed by atoms with Crippen LogP contribution in [-0.2, 0) is 14.3 Å². The average Bonchev–Trinajstić information content (AvgIpc) is 3.27. The molecule has 0 bridgehead atoms. The molecule has 0 spiro atoms. The number of nitrogens with zero attached hydrogens (tertiary/aromatic N) is 2. The Labute approximate surface area is 171 Å². The van der Waals surface area contributed by atoms with E-state index in [9.17, 15) is 9.59 Å². The monoisotopic (exact) mass is 396 g/mol. The van der Waals surface area contributed by atoms with Crippen molar-refractivity contribution in [2.45, 2.75) is 46.6 Å². The molecule has 1 atom stereocenters. The molecule has 1 aliphatic heterocycles. The van der Waals surface area contributed by atoms with Crippen molar-refractivity contribution in [1.29, 1.82) is 0 Å². The van der Waals surface area contributed by atoms with E-state index in [0.29, 0.717) is 13.2 Å². The van der Waals surface area contributed by atoms with Crippen LogP contribution < -0.4 is 10.7 Å². The zero-order valence-corrected chi connectivity index (χ0v) is 17.4. The molecular weight excluding hydrogens is 368 g/mol. The highest BCUT2D eigenvalue weighted by Crippen LogP contribution is 2.21. The number of carbonyl (C=O) groups is 2. The van der Waals surface area contributed by atoms with Crippen molar-refractivity contribution in [2.75, 3.05) is 13.2 Å². The number of amides is 2. The maximum absolute atomic E-state index is 11.9. The van der Waals surface area contributed by atoms with E-state index in [2.05, 4.69) is 52.5 Å². The third-order valence-corrected chi connectivity index (χ3v) is 5.03. The number of aromatic nitrogens is 1. The Morgan fingerprint density at radius 3 is 2.52 bits per heavy atom. The van der Waals surface area contributed by atoms with E-state index in [-0.39, 0.29) is 6.10 Å². The topological polar surface area (TPSA) is 84.7 Å². The summed E-state index contributed by atoms with van der Waals surface area (Å²) >= 11 is 0. The molecule has 1 aromatic heterocycles. The third-order valence-electron chi connectivity index (χ3n) is 5.03. The van der Waals surface area contributed by atoms with Gasteiger partial charge in [0, 0.05) is 35.8 Å². The summed E-state index contributed by atoms with van der Waals surface area (Å²) in [5, 5.41) is 6.53. The quantitative estimate of drug-likeness (QED) is 0.463. The summed E-state index contributed by atoms with van der Waals surface area (Å²) in [6.45, 7) is 9.23. The van der Waals surface area contributed by atoms with Crippen LogP contribution in [0.2, 0.25) is 0 Å². The first kappa shape index (κ1) is 20.8. The number of carbonyl (C=O) groups excluding carboxylic acids is 2. The lowest BCUT2D eigenvalue weighted by Crippen LogP contribution is -2.41. The molecule has 29 heavy (non-hydrogen) atoms. The zero-order chi connectivity index (χ0) is 21.0. The molecule has 7 heteroatoms. The largest absolute Gasteiger partial charge is 0.376 e. The van der Waals surface area contributed by atoms with Crippen molar-refractivity contribution in [3.05, 3.63) is 52.3 Å². The van der Waals surface area contributed by atoms with Gasteiger partial charge in [0.05, 0.1) is 12.3 Å². The molecule has 2 aromatic rings. The van der Waals surface area contributed by atoms with Crippen LogP contribution in [-0.4, -0.2) is 41.9 Å². The lowest BCUT2D eigenvalue weighted by atomic mass is 10.1. The van der Waals surface area contributed by atoms with Crippen molar-refractivity contribution < 1.29 is 14.3 Å². The first-order chi connectivity index (χ1) is 13.8. The fraction of sp³-hybridized carbons (Fsp3) is 0.409. The molecule has 3 rings (SSSR count). The molecule has 154 valence electrons. The summed E-state index contributed by atoms with van der Waals surface area (Å²) < 4.78 is 7.57. The molecule has 7 nitrogen and oxygen atoms in total. The number of hydrogen-bond donors (Lipinski definition) is 2. The lowest BCUT2D eigenvalue weighted by Gasteiger charge is -2.11. The van der Waals surface area contributed by atoms with E-state index >= 15 is 0 Å². The second kappa shape index (κ2) is 9.05. The third kappa shape index (κ3) is 5.12. The van der Waals surface area contributed by atoms with Crippen LogP contribution in [0.1, 0.15) is 40.9 Å². The highest BCUT2D eigenvalue weighted by atomic mass is 16.5. The highest BCUT2D eigenvalue weighted by Gasteiger charge is 2.19. The summed E-state index contributed by atoms with van der Waals surface area (Å²) in [4.78, 5) is 23.8. The van der Waals surface area contributed by atoms with Crippen LogP contribution in [0, 0.1) is 27.7 Å². The van der Waals surface area contributed by atoms with E-state index in [1.807, 2.05) is 19.9 Å². The number of hydrazone groups is 1. The standard InChI is InChI=1S/C22H28N4O3/c1-14-8-15(2)10-19(9-14)26-16(3)11-18(17(26)4)12-24-25-22(28)21(27)23-13-20-6-5-7-29-20/h8-12,20H,5-7,13H2,1-4H3,(H,23,27)(H,25,28)/b24-12-/t20-/m1/s1. The fourth-order valence-electron chi connectivity index (χ4n) is 3.70. The molecule has 0 radical (unpaired) electrons. The van der Waals surface area contributed by atoms with E-state index < -0.39 is 11.8 Å². The smallest absolute Gasteiger partial charge is 0.329 e. The van der Waals surface area contributed by atoms with Crippen molar-refractivity contribution in [3.63, 3.8) is 0 Å². The molecule has 1 saturated heterocycles. The summed E-state index contributed by atoms with van der Waals surface area (Å²) in [7, 11) is 0. The van der Waals surface area contributed by atoms with Gasteiger partial charge in [0.15, 0.2) is 0 Å². The lowest BCUT2D eigenvalue weighted by molar-refractivity contribution is -0.139. The molecule has 0 unspecified atom stereocenters. The second-order valence-electron chi connectivity index (χ2n) is 7.55. The van der Waals surface area contributed by atoms with Gasteiger partial charge in [-0.05, 0) is 69.9 Å². The van der Waals surface area contributed by atoms with E-state index in [1.165, 1.54) is 11.1 Å². The number of aryl methyl sites for hydroxylation is 3. The minimum absolute atomic E-state index is 0.00843. The minimum atomic E-state index is -0.789. The minimum Gasteiger partial charge on any atom is -0.376 e. The van der Waals surface area contributed by atoms with Gasteiger partial charge < -0.3 is 14.6 Å². The van der Waals surface area contributed by atoms with Crippen LogP contribution in [0.4, 0.5) is 0 Å². The molecule has 2 heterocycles. The van der Waals surface area contributed by atoms with Crippen molar-refractivity contribution >= 4 is 18.0 Å². The van der Waals surface area contributed by atoms with Gasteiger partial charge in [0.25, 0.3) is 0 Å². The Morgan fingerprint density at radius 2 is 1.86 bits per heavy atom. The summed E-state index contributed by atoms with van der Waals surface area (Å²) in [5.74, 6) is -1.50. The number of hydrogen-bond acceptors (Lipinski definition) is 4. The van der Waals surface area contributed by atoms with Gasteiger partial charge in [-0.3, -0.25) is 9.59 Å². The van der Waals surface area contributed by atoms with Gasteiger partial charge in [0.2, 0.25) is 0 Å². The van der Waals surface area contributed by atoms with Crippen LogP contribution in [0.15, 0.2) is 29.4 Å². The van der Waals surface area contributed by atoms with Gasteiger partial charge in [-0.2, -0.15) is 5.10 Å². The Bertz CT molecular complexity index is 920. The van der Waals surface area contributed by atoms with Crippen LogP contribution >= 0.6 is 0 Å². The predicted octanol–water partition coefficient (Wildman–Crippen LogP) is 2.46. The van der Waals surface area contributed by atoms with Crippen LogP contribution in [0.5, 0.6) is 0 Å². The Morgan fingerprint density at radius 1 is 1.14 bits per heavy atom. The van der Waals surface area contributed by atoms with Gasteiger partial charge >= 0.3 is 11.8 Å². The zero-order valence-electron chi connectivity index (χ0n) is 17.4. The molecule has 1 aliphatic rings. The van der Waals surface area contributed by atoms with Gasteiger partial charge in [-0.15, -0.1) is 0 Å². The fourth-order valence-corrected chi connectivity index (χ4v) is 3.70. The number of ether oxygens (including phenoxy) is 1. The number of rotatable bonds is 5. The molecular formula is C22H28N4O3. The summed E-state index contributed by atoms with van der Waals surface area (Å²) in [6.07, 6.45) is 3.44. The number of benzene rings is 1. The molecule has 1 aromatic carbocycles. The van der Waals surface area contributed by atoms with Gasteiger partial charge in [-0.25, -0.2) is 5.43 Å². The highest BCUT2D eigenvalue weighted by molar-refractivity contribution is 6.35. The predicted molar refractivity (Wildman–Crippen MR) is 112 cm³/mol. The normalized spacial score (nSPS) is 16.3. The average molecular weight is 396 g/mol. The Balaban J connectivity index is 1.63. The Hall–Kier alpha value is -2.93. The Kier molecular flexibility index (Phi) is 6.49.